The van der Waals surface area contributed by atoms with E-state index in [4.69, 9.17) is 9.15 Å². The Morgan fingerprint density at radius 1 is 1.50 bits per heavy atom. The molecule has 1 saturated heterocycles. The van der Waals surface area contributed by atoms with Gasteiger partial charge in [0.2, 0.25) is 0 Å². The van der Waals surface area contributed by atoms with Crippen molar-refractivity contribution >= 4 is 5.69 Å². The number of furan rings is 1. The Morgan fingerprint density at radius 3 is 3.28 bits per heavy atom. The predicted molar refractivity (Wildman–Crippen MR) is 67.2 cm³/mol. The summed E-state index contributed by atoms with van der Waals surface area (Å²) in [6.07, 6.45) is 9.90. The van der Waals surface area contributed by atoms with Gasteiger partial charge in [-0.15, -0.1) is 0 Å². The van der Waals surface area contributed by atoms with E-state index in [9.17, 15) is 0 Å². The number of nitrogens with one attached hydrogen (secondary N) is 1. The van der Waals surface area contributed by atoms with Crippen LogP contribution in [0, 0.1) is 0 Å². The number of aromatic nitrogens is 2. The van der Waals surface area contributed by atoms with Crippen LogP contribution in [0.5, 0.6) is 0 Å². The average Bonchev–Trinajstić information content (AvgIpc) is 3.09. The first-order valence-corrected chi connectivity index (χ1v) is 6.29. The molecule has 0 bridgehead atoms. The highest BCUT2D eigenvalue weighted by atomic mass is 16.5. The molecule has 0 amide bonds. The highest BCUT2D eigenvalue weighted by Gasteiger charge is 2.16. The van der Waals surface area contributed by atoms with Crippen LogP contribution in [0.15, 0.2) is 35.4 Å². The molecule has 1 unspecified atom stereocenters. The van der Waals surface area contributed by atoms with Crippen molar-refractivity contribution in [1.29, 1.82) is 0 Å². The number of hydrogen-bond acceptors (Lipinski definition) is 4. The van der Waals surface area contributed by atoms with Crippen molar-refractivity contribution in [3.05, 3.63) is 36.5 Å². The van der Waals surface area contributed by atoms with Gasteiger partial charge in [-0.1, -0.05) is 0 Å². The maximum Gasteiger partial charge on any atom is 0.0952 e. The van der Waals surface area contributed by atoms with Gasteiger partial charge in [0.05, 0.1) is 37.1 Å². The second-order valence-corrected chi connectivity index (χ2v) is 4.57. The Hall–Kier alpha value is -1.75. The highest BCUT2D eigenvalue weighted by molar-refractivity contribution is 5.38. The minimum atomic E-state index is 0.326. The maximum absolute atomic E-state index is 5.59. The van der Waals surface area contributed by atoms with Gasteiger partial charge in [-0.25, -0.2) is 0 Å². The zero-order valence-corrected chi connectivity index (χ0v) is 10.2. The SMILES string of the molecule is c1cc(CNc2cnn(CC3CCCO3)c2)co1. The van der Waals surface area contributed by atoms with E-state index < -0.39 is 0 Å². The van der Waals surface area contributed by atoms with Crippen molar-refractivity contribution in [2.45, 2.75) is 32.0 Å². The largest absolute Gasteiger partial charge is 0.472 e. The maximum atomic E-state index is 5.59. The highest BCUT2D eigenvalue weighted by Crippen LogP contribution is 2.15. The summed E-state index contributed by atoms with van der Waals surface area (Å²) < 4.78 is 12.5. The Bertz CT molecular complexity index is 472. The van der Waals surface area contributed by atoms with Crippen molar-refractivity contribution in [1.82, 2.24) is 9.78 Å². The van der Waals surface area contributed by atoms with Crippen molar-refractivity contribution in [3.8, 4) is 0 Å². The molecule has 5 nitrogen and oxygen atoms in total. The summed E-state index contributed by atoms with van der Waals surface area (Å²) in [6.45, 7) is 2.48. The van der Waals surface area contributed by atoms with E-state index in [1.807, 2.05) is 23.1 Å². The molecule has 5 heteroatoms. The zero-order chi connectivity index (χ0) is 12.2. The third kappa shape index (κ3) is 2.73. The summed E-state index contributed by atoms with van der Waals surface area (Å²) in [6, 6.07) is 1.95. The van der Waals surface area contributed by atoms with Gasteiger partial charge in [0.15, 0.2) is 0 Å². The number of anilines is 1. The minimum Gasteiger partial charge on any atom is -0.472 e. The van der Waals surface area contributed by atoms with E-state index in [2.05, 4.69) is 10.4 Å². The first kappa shape index (κ1) is 11.3. The molecule has 0 aliphatic carbocycles. The smallest absolute Gasteiger partial charge is 0.0952 e. The van der Waals surface area contributed by atoms with Crippen LogP contribution >= 0.6 is 0 Å². The van der Waals surface area contributed by atoms with Crippen molar-refractivity contribution in [2.24, 2.45) is 0 Å². The molecule has 1 aliphatic heterocycles. The monoisotopic (exact) mass is 247 g/mol. The fraction of sp³-hybridized carbons (Fsp3) is 0.462. The van der Waals surface area contributed by atoms with Gasteiger partial charge in [-0.3, -0.25) is 4.68 Å². The van der Waals surface area contributed by atoms with E-state index in [0.29, 0.717) is 6.10 Å². The molecule has 1 aliphatic rings. The number of ether oxygens (including phenoxy) is 1. The van der Waals surface area contributed by atoms with E-state index >= 15 is 0 Å². The standard InChI is InChI=1S/C13H17N3O2/c1-2-13(18-4-1)9-16-8-12(7-15-16)14-6-11-3-5-17-10-11/h3,5,7-8,10,13-14H,1-2,4,6,9H2. The summed E-state index contributed by atoms with van der Waals surface area (Å²) in [4.78, 5) is 0. The zero-order valence-electron chi connectivity index (χ0n) is 10.2. The molecule has 1 fully saturated rings. The van der Waals surface area contributed by atoms with Crippen LogP contribution in [0.25, 0.3) is 0 Å². The van der Waals surface area contributed by atoms with Gasteiger partial charge >= 0.3 is 0 Å². The van der Waals surface area contributed by atoms with Gasteiger partial charge in [0.1, 0.15) is 0 Å². The van der Waals surface area contributed by atoms with E-state index in [1.54, 1.807) is 12.5 Å². The summed E-state index contributed by atoms with van der Waals surface area (Å²) in [5.74, 6) is 0. The first-order chi connectivity index (χ1) is 8.90. The molecular weight excluding hydrogens is 230 g/mol. The Kier molecular flexibility index (Phi) is 3.32. The van der Waals surface area contributed by atoms with Gasteiger partial charge in [-0.2, -0.15) is 5.10 Å². The fourth-order valence-electron chi connectivity index (χ4n) is 2.15. The van der Waals surface area contributed by atoms with Crippen LogP contribution < -0.4 is 5.32 Å². The van der Waals surface area contributed by atoms with Crippen LogP contribution in [0.2, 0.25) is 0 Å². The lowest BCUT2D eigenvalue weighted by Gasteiger charge is -2.08. The molecule has 0 radical (unpaired) electrons. The molecule has 96 valence electrons. The van der Waals surface area contributed by atoms with Crippen LogP contribution in [0.4, 0.5) is 5.69 Å². The molecule has 3 rings (SSSR count). The molecule has 0 spiro atoms. The molecule has 0 aromatic carbocycles. The average molecular weight is 247 g/mol. The van der Waals surface area contributed by atoms with Gasteiger partial charge in [0.25, 0.3) is 0 Å². The Balaban J connectivity index is 1.52. The van der Waals surface area contributed by atoms with E-state index in [1.165, 1.54) is 0 Å². The summed E-state index contributed by atoms with van der Waals surface area (Å²) in [5, 5.41) is 7.64. The molecule has 0 saturated carbocycles. The Morgan fingerprint density at radius 2 is 2.50 bits per heavy atom. The van der Waals surface area contributed by atoms with Crippen molar-refractivity contribution in [2.75, 3.05) is 11.9 Å². The van der Waals surface area contributed by atoms with Gasteiger partial charge in [-0.05, 0) is 18.9 Å². The lowest BCUT2D eigenvalue weighted by molar-refractivity contribution is 0.0940. The summed E-state index contributed by atoms with van der Waals surface area (Å²) in [7, 11) is 0. The minimum absolute atomic E-state index is 0.326. The Labute approximate surface area is 106 Å². The lowest BCUT2D eigenvalue weighted by atomic mass is 10.2. The summed E-state index contributed by atoms with van der Waals surface area (Å²) in [5.41, 5.74) is 2.15. The van der Waals surface area contributed by atoms with Crippen LogP contribution in [-0.4, -0.2) is 22.5 Å². The normalized spacial score (nSPS) is 19.2. The van der Waals surface area contributed by atoms with Gasteiger partial charge < -0.3 is 14.5 Å². The van der Waals surface area contributed by atoms with Crippen molar-refractivity contribution < 1.29 is 9.15 Å². The molecule has 2 aromatic rings. The van der Waals surface area contributed by atoms with Crippen LogP contribution in [0.3, 0.4) is 0 Å². The van der Waals surface area contributed by atoms with E-state index in [-0.39, 0.29) is 0 Å². The number of hydrogen-bond donors (Lipinski definition) is 1. The van der Waals surface area contributed by atoms with E-state index in [0.717, 1.165) is 43.8 Å². The molecule has 1 atom stereocenters. The molecule has 3 heterocycles. The topological polar surface area (TPSA) is 52.2 Å². The number of nitrogens with zero attached hydrogens (tertiary/aromatic N) is 2. The fourth-order valence-corrected chi connectivity index (χ4v) is 2.15. The first-order valence-electron chi connectivity index (χ1n) is 6.29. The second-order valence-electron chi connectivity index (χ2n) is 4.57. The third-order valence-electron chi connectivity index (χ3n) is 3.12. The van der Waals surface area contributed by atoms with Gasteiger partial charge in [0, 0.05) is 24.9 Å². The molecule has 1 N–H and O–H groups in total. The molecular formula is C13H17N3O2. The predicted octanol–water partition coefficient (Wildman–Crippen LogP) is 2.27. The molecule has 18 heavy (non-hydrogen) atoms. The van der Waals surface area contributed by atoms with Crippen LogP contribution in [-0.2, 0) is 17.8 Å². The van der Waals surface area contributed by atoms with Crippen LogP contribution in [0.1, 0.15) is 18.4 Å². The number of rotatable bonds is 5. The second kappa shape index (κ2) is 5.27. The van der Waals surface area contributed by atoms with Crippen molar-refractivity contribution in [3.63, 3.8) is 0 Å². The molecule has 2 aromatic heterocycles. The third-order valence-corrected chi connectivity index (χ3v) is 3.12. The quantitative estimate of drug-likeness (QED) is 0.880. The summed E-state index contributed by atoms with van der Waals surface area (Å²) >= 11 is 0. The lowest BCUT2D eigenvalue weighted by Crippen LogP contribution is -2.15.